The number of non-ortho nitro benzene ring substituents is 1. The fourth-order valence-electron chi connectivity index (χ4n) is 2.77. The van der Waals surface area contributed by atoms with Gasteiger partial charge in [0, 0.05) is 37.3 Å². The van der Waals surface area contributed by atoms with Crippen LogP contribution in [0.2, 0.25) is 0 Å². The molecule has 0 saturated carbocycles. The van der Waals surface area contributed by atoms with Crippen molar-refractivity contribution in [2.75, 3.05) is 12.4 Å². The van der Waals surface area contributed by atoms with Crippen molar-refractivity contribution < 1.29 is 14.5 Å². The van der Waals surface area contributed by atoms with Crippen molar-refractivity contribution in [1.82, 2.24) is 14.9 Å². The number of hydrogen-bond donors (Lipinski definition) is 2. The molecule has 2 aromatic carbocycles. The van der Waals surface area contributed by atoms with Crippen LogP contribution in [0.5, 0.6) is 5.75 Å². The number of carbonyl (C=O) groups is 1. The number of imidazole rings is 1. The van der Waals surface area contributed by atoms with E-state index in [2.05, 4.69) is 15.6 Å². The molecule has 0 bridgehead atoms. The van der Waals surface area contributed by atoms with E-state index in [0.717, 1.165) is 5.56 Å². The number of benzene rings is 2. The van der Waals surface area contributed by atoms with Gasteiger partial charge in [0.25, 0.3) is 5.69 Å². The maximum atomic E-state index is 12.6. The second-order valence-corrected chi connectivity index (χ2v) is 6.01. The molecule has 0 fully saturated rings. The molecule has 0 aliphatic heterocycles. The van der Waals surface area contributed by atoms with E-state index in [1.54, 1.807) is 30.1 Å². The SMILES string of the molecule is COc1cccc([C@H](NC(=O)Nc2cccc([N+](=O)[O-])c2)c2nccn2C)c1. The number of amides is 2. The van der Waals surface area contributed by atoms with E-state index < -0.39 is 17.0 Å². The Labute approximate surface area is 161 Å². The normalized spacial score (nSPS) is 11.5. The average molecular weight is 381 g/mol. The highest BCUT2D eigenvalue weighted by atomic mass is 16.6. The molecule has 0 saturated heterocycles. The molecular formula is C19H19N5O4. The third-order valence-corrected chi connectivity index (χ3v) is 4.13. The first-order valence-corrected chi connectivity index (χ1v) is 8.41. The predicted molar refractivity (Wildman–Crippen MR) is 103 cm³/mol. The molecule has 0 aliphatic rings. The fourth-order valence-corrected chi connectivity index (χ4v) is 2.77. The Balaban J connectivity index is 1.85. The molecule has 1 aromatic heterocycles. The van der Waals surface area contributed by atoms with Gasteiger partial charge in [0.05, 0.1) is 12.0 Å². The number of aryl methyl sites for hydroxylation is 1. The van der Waals surface area contributed by atoms with E-state index in [0.29, 0.717) is 17.3 Å². The molecule has 9 nitrogen and oxygen atoms in total. The van der Waals surface area contributed by atoms with Crippen LogP contribution in [0.25, 0.3) is 0 Å². The van der Waals surface area contributed by atoms with Gasteiger partial charge < -0.3 is 19.9 Å². The molecule has 28 heavy (non-hydrogen) atoms. The molecule has 0 unspecified atom stereocenters. The van der Waals surface area contributed by atoms with Gasteiger partial charge in [-0.2, -0.15) is 0 Å². The molecule has 1 atom stereocenters. The molecule has 2 amide bonds. The maximum Gasteiger partial charge on any atom is 0.320 e. The van der Waals surface area contributed by atoms with Crippen LogP contribution in [0.15, 0.2) is 60.9 Å². The first-order chi connectivity index (χ1) is 13.5. The monoisotopic (exact) mass is 381 g/mol. The van der Waals surface area contributed by atoms with Crippen LogP contribution in [0.3, 0.4) is 0 Å². The molecule has 144 valence electrons. The molecule has 1 heterocycles. The lowest BCUT2D eigenvalue weighted by Crippen LogP contribution is -2.34. The number of nitrogens with zero attached hydrogens (tertiary/aromatic N) is 3. The highest BCUT2D eigenvalue weighted by Crippen LogP contribution is 2.24. The van der Waals surface area contributed by atoms with E-state index in [-0.39, 0.29) is 5.69 Å². The van der Waals surface area contributed by atoms with Crippen molar-refractivity contribution in [3.05, 3.63) is 82.4 Å². The summed E-state index contributed by atoms with van der Waals surface area (Å²) in [5.41, 5.74) is 0.991. The first-order valence-electron chi connectivity index (χ1n) is 8.41. The number of urea groups is 1. The van der Waals surface area contributed by atoms with Crippen LogP contribution < -0.4 is 15.4 Å². The third kappa shape index (κ3) is 4.26. The molecule has 0 aliphatic carbocycles. The van der Waals surface area contributed by atoms with Gasteiger partial charge in [-0.1, -0.05) is 18.2 Å². The zero-order valence-electron chi connectivity index (χ0n) is 15.3. The Hall–Kier alpha value is -3.88. The summed E-state index contributed by atoms with van der Waals surface area (Å²) in [5.74, 6) is 1.28. The topological polar surface area (TPSA) is 111 Å². The van der Waals surface area contributed by atoms with Gasteiger partial charge in [0.1, 0.15) is 17.6 Å². The molecular weight excluding hydrogens is 362 g/mol. The maximum absolute atomic E-state index is 12.6. The molecule has 3 rings (SSSR count). The van der Waals surface area contributed by atoms with Crippen LogP contribution in [0.1, 0.15) is 17.4 Å². The van der Waals surface area contributed by atoms with Crippen LogP contribution in [-0.2, 0) is 7.05 Å². The lowest BCUT2D eigenvalue weighted by Gasteiger charge is -2.20. The summed E-state index contributed by atoms with van der Waals surface area (Å²) in [5, 5.41) is 16.4. The van der Waals surface area contributed by atoms with Crippen molar-refractivity contribution in [3.8, 4) is 5.75 Å². The van der Waals surface area contributed by atoms with Crippen molar-refractivity contribution in [2.45, 2.75) is 6.04 Å². The largest absolute Gasteiger partial charge is 0.497 e. The Bertz CT molecular complexity index is 1000. The van der Waals surface area contributed by atoms with Crippen LogP contribution >= 0.6 is 0 Å². The van der Waals surface area contributed by atoms with Gasteiger partial charge in [-0.25, -0.2) is 9.78 Å². The smallest absolute Gasteiger partial charge is 0.320 e. The number of methoxy groups -OCH3 is 1. The predicted octanol–water partition coefficient (Wildman–Crippen LogP) is 3.25. The second kappa shape index (κ2) is 8.21. The Kier molecular flexibility index (Phi) is 5.54. The van der Waals surface area contributed by atoms with Crippen molar-refractivity contribution in [3.63, 3.8) is 0 Å². The lowest BCUT2D eigenvalue weighted by molar-refractivity contribution is -0.384. The lowest BCUT2D eigenvalue weighted by atomic mass is 10.1. The Morgan fingerprint density at radius 2 is 2.04 bits per heavy atom. The van der Waals surface area contributed by atoms with Gasteiger partial charge in [0.15, 0.2) is 0 Å². The van der Waals surface area contributed by atoms with Crippen molar-refractivity contribution >= 4 is 17.4 Å². The zero-order valence-corrected chi connectivity index (χ0v) is 15.3. The van der Waals surface area contributed by atoms with E-state index in [9.17, 15) is 14.9 Å². The number of nitrogens with one attached hydrogen (secondary N) is 2. The first kappa shape index (κ1) is 18.9. The second-order valence-electron chi connectivity index (χ2n) is 6.01. The number of nitro groups is 1. The minimum absolute atomic E-state index is 0.105. The molecule has 3 aromatic rings. The van der Waals surface area contributed by atoms with Crippen molar-refractivity contribution in [1.29, 1.82) is 0 Å². The number of nitro benzene ring substituents is 1. The van der Waals surface area contributed by atoms with Gasteiger partial charge in [-0.3, -0.25) is 10.1 Å². The average Bonchev–Trinajstić information content (AvgIpc) is 3.12. The minimum Gasteiger partial charge on any atom is -0.497 e. The molecule has 0 spiro atoms. The van der Waals surface area contributed by atoms with E-state index >= 15 is 0 Å². The number of rotatable bonds is 6. The van der Waals surface area contributed by atoms with Crippen molar-refractivity contribution in [2.24, 2.45) is 7.05 Å². The standard InChI is InChI=1S/C19H19N5O4/c1-23-10-9-20-18(23)17(13-5-3-8-16(11-13)28-2)22-19(25)21-14-6-4-7-15(12-14)24(26)27/h3-12,17H,1-2H3,(H2,21,22,25)/t17-/m0/s1. The summed E-state index contributed by atoms with van der Waals surface area (Å²) in [6, 6.07) is 12.0. The van der Waals surface area contributed by atoms with Crippen LogP contribution in [-0.4, -0.2) is 27.6 Å². The van der Waals surface area contributed by atoms with Gasteiger partial charge in [-0.05, 0) is 23.8 Å². The molecule has 9 heteroatoms. The van der Waals surface area contributed by atoms with Crippen LogP contribution in [0.4, 0.5) is 16.2 Å². The Morgan fingerprint density at radius 3 is 2.71 bits per heavy atom. The molecule has 2 N–H and O–H groups in total. The summed E-state index contributed by atoms with van der Waals surface area (Å²) in [7, 11) is 3.40. The quantitative estimate of drug-likeness (QED) is 0.503. The van der Waals surface area contributed by atoms with Gasteiger partial charge in [-0.15, -0.1) is 0 Å². The summed E-state index contributed by atoms with van der Waals surface area (Å²) >= 11 is 0. The number of ether oxygens (including phenoxy) is 1. The van der Waals surface area contributed by atoms with Gasteiger partial charge in [0.2, 0.25) is 0 Å². The summed E-state index contributed by atoms with van der Waals surface area (Å²) in [6.45, 7) is 0. The Morgan fingerprint density at radius 1 is 1.25 bits per heavy atom. The highest BCUT2D eigenvalue weighted by molar-refractivity contribution is 5.90. The van der Waals surface area contributed by atoms with Gasteiger partial charge >= 0.3 is 6.03 Å². The summed E-state index contributed by atoms with van der Waals surface area (Å²) in [6.07, 6.45) is 3.42. The number of carbonyl (C=O) groups excluding carboxylic acids is 1. The minimum atomic E-state index is -0.547. The summed E-state index contributed by atoms with van der Waals surface area (Å²) in [4.78, 5) is 27.3. The zero-order chi connectivity index (χ0) is 20.1. The van der Waals surface area contributed by atoms with Crippen LogP contribution in [0, 0.1) is 10.1 Å². The number of anilines is 1. The number of aromatic nitrogens is 2. The van der Waals surface area contributed by atoms with E-state index in [1.165, 1.54) is 18.2 Å². The highest BCUT2D eigenvalue weighted by Gasteiger charge is 2.21. The summed E-state index contributed by atoms with van der Waals surface area (Å²) < 4.78 is 7.07. The molecule has 0 radical (unpaired) electrons. The number of hydrogen-bond acceptors (Lipinski definition) is 5. The van der Waals surface area contributed by atoms with E-state index in [4.69, 9.17) is 4.74 Å². The van der Waals surface area contributed by atoms with E-state index in [1.807, 2.05) is 31.3 Å². The third-order valence-electron chi connectivity index (χ3n) is 4.13. The fraction of sp³-hybridized carbons (Fsp3) is 0.158.